The van der Waals surface area contributed by atoms with E-state index < -0.39 is 0 Å². The van der Waals surface area contributed by atoms with Gasteiger partial charge in [-0.2, -0.15) is 0 Å². The van der Waals surface area contributed by atoms with Crippen molar-refractivity contribution in [3.8, 4) is 0 Å². The van der Waals surface area contributed by atoms with Crippen LogP contribution >= 0.6 is 0 Å². The van der Waals surface area contributed by atoms with Crippen molar-refractivity contribution in [1.29, 1.82) is 0 Å². The van der Waals surface area contributed by atoms with Crippen LogP contribution in [0.4, 0.5) is 0 Å². The summed E-state index contributed by atoms with van der Waals surface area (Å²) in [6.45, 7) is 11.0. The maximum absolute atomic E-state index is 9.72. The molecular weight excluding hydrogens is 280 g/mol. The Morgan fingerprint density at radius 3 is 1.41 bits per heavy atom. The van der Waals surface area contributed by atoms with Gasteiger partial charge in [0, 0.05) is 13.1 Å². The van der Waals surface area contributed by atoms with Crippen molar-refractivity contribution in [1.82, 2.24) is 21.3 Å². The van der Waals surface area contributed by atoms with E-state index >= 15 is 0 Å². The van der Waals surface area contributed by atoms with E-state index in [1.54, 1.807) is 0 Å². The molecule has 0 saturated carbocycles. The SMILES string of the molecule is CCNCC[C@H](O)CNCCCCNC[C@@H](O)CCNCC. The molecule has 0 spiro atoms. The molecule has 0 fully saturated rings. The maximum Gasteiger partial charge on any atom is 0.0676 e. The predicted octanol–water partition coefficient (Wildman–Crippen LogP) is -0.333. The predicted molar refractivity (Wildman–Crippen MR) is 93.3 cm³/mol. The smallest absolute Gasteiger partial charge is 0.0676 e. The molecule has 0 aliphatic carbocycles. The first kappa shape index (κ1) is 21.8. The zero-order chi connectivity index (χ0) is 16.5. The average Bonchev–Trinajstić information content (AvgIpc) is 2.50. The van der Waals surface area contributed by atoms with E-state index in [0.29, 0.717) is 13.1 Å². The summed E-state index contributed by atoms with van der Waals surface area (Å²) in [5, 5.41) is 32.4. The summed E-state index contributed by atoms with van der Waals surface area (Å²) < 4.78 is 0. The van der Waals surface area contributed by atoms with Crippen molar-refractivity contribution in [3.05, 3.63) is 0 Å². The van der Waals surface area contributed by atoms with Crippen LogP contribution in [0.2, 0.25) is 0 Å². The van der Waals surface area contributed by atoms with Crippen molar-refractivity contribution >= 4 is 0 Å². The number of nitrogens with one attached hydrogen (secondary N) is 4. The molecule has 6 N–H and O–H groups in total. The van der Waals surface area contributed by atoms with Crippen molar-refractivity contribution < 1.29 is 10.2 Å². The van der Waals surface area contributed by atoms with Gasteiger partial charge in [-0.25, -0.2) is 0 Å². The molecule has 6 nitrogen and oxygen atoms in total. The van der Waals surface area contributed by atoms with Crippen molar-refractivity contribution in [2.75, 3.05) is 52.4 Å². The highest BCUT2D eigenvalue weighted by atomic mass is 16.3. The lowest BCUT2D eigenvalue weighted by Gasteiger charge is -2.13. The third-order valence-electron chi connectivity index (χ3n) is 3.53. The zero-order valence-corrected chi connectivity index (χ0v) is 14.5. The third kappa shape index (κ3) is 16.1. The number of hydrogen-bond donors (Lipinski definition) is 6. The van der Waals surface area contributed by atoms with E-state index in [2.05, 4.69) is 35.1 Å². The van der Waals surface area contributed by atoms with Gasteiger partial charge in [-0.3, -0.25) is 0 Å². The third-order valence-corrected chi connectivity index (χ3v) is 3.53. The topological polar surface area (TPSA) is 88.6 Å². The minimum Gasteiger partial charge on any atom is -0.392 e. The summed E-state index contributed by atoms with van der Waals surface area (Å²) in [7, 11) is 0. The molecule has 6 heteroatoms. The van der Waals surface area contributed by atoms with Gasteiger partial charge in [0.05, 0.1) is 12.2 Å². The van der Waals surface area contributed by atoms with E-state index in [1.165, 1.54) is 0 Å². The zero-order valence-electron chi connectivity index (χ0n) is 14.5. The highest BCUT2D eigenvalue weighted by Gasteiger charge is 2.03. The molecule has 0 rings (SSSR count). The Morgan fingerprint density at radius 1 is 0.636 bits per heavy atom. The molecule has 0 heterocycles. The van der Waals surface area contributed by atoms with Crippen LogP contribution in [0.3, 0.4) is 0 Å². The lowest BCUT2D eigenvalue weighted by atomic mass is 10.2. The van der Waals surface area contributed by atoms with Gasteiger partial charge in [0.25, 0.3) is 0 Å². The highest BCUT2D eigenvalue weighted by Crippen LogP contribution is 1.91. The molecule has 0 unspecified atom stereocenters. The molecule has 0 aliphatic rings. The second kappa shape index (κ2) is 17.1. The molecule has 0 saturated heterocycles. The van der Waals surface area contributed by atoms with Crippen LogP contribution < -0.4 is 21.3 Å². The van der Waals surface area contributed by atoms with Crippen LogP contribution in [0.25, 0.3) is 0 Å². The first-order valence-corrected chi connectivity index (χ1v) is 8.89. The summed E-state index contributed by atoms with van der Waals surface area (Å²) in [5.41, 5.74) is 0. The Balaban J connectivity index is 3.19. The van der Waals surface area contributed by atoms with Crippen LogP contribution in [-0.2, 0) is 0 Å². The summed E-state index contributed by atoms with van der Waals surface area (Å²) in [6.07, 6.45) is 3.24. The summed E-state index contributed by atoms with van der Waals surface area (Å²) in [5.74, 6) is 0. The van der Waals surface area contributed by atoms with E-state index in [4.69, 9.17) is 0 Å². The Bertz CT molecular complexity index is 198. The maximum atomic E-state index is 9.72. The van der Waals surface area contributed by atoms with Gasteiger partial charge in [0.1, 0.15) is 0 Å². The van der Waals surface area contributed by atoms with E-state index in [9.17, 15) is 10.2 Å². The van der Waals surface area contributed by atoms with E-state index in [-0.39, 0.29) is 12.2 Å². The summed E-state index contributed by atoms with van der Waals surface area (Å²) in [4.78, 5) is 0. The largest absolute Gasteiger partial charge is 0.392 e. The fraction of sp³-hybridized carbons (Fsp3) is 1.00. The average molecular weight is 319 g/mol. The number of unbranched alkanes of at least 4 members (excludes halogenated alkanes) is 1. The normalized spacial score (nSPS) is 14.2. The van der Waals surface area contributed by atoms with Gasteiger partial charge in [0.15, 0.2) is 0 Å². The Morgan fingerprint density at radius 2 is 1.05 bits per heavy atom. The molecule has 0 bridgehead atoms. The van der Waals surface area contributed by atoms with Crippen molar-refractivity contribution in [2.24, 2.45) is 0 Å². The van der Waals surface area contributed by atoms with Gasteiger partial charge in [-0.15, -0.1) is 0 Å². The highest BCUT2D eigenvalue weighted by molar-refractivity contribution is 4.63. The minimum atomic E-state index is -0.260. The van der Waals surface area contributed by atoms with E-state index in [0.717, 1.165) is 65.0 Å². The van der Waals surface area contributed by atoms with Gasteiger partial charge in [0.2, 0.25) is 0 Å². The first-order valence-electron chi connectivity index (χ1n) is 8.89. The fourth-order valence-electron chi connectivity index (χ4n) is 2.13. The second-order valence-corrected chi connectivity index (χ2v) is 5.71. The molecular formula is C16H38N4O2. The fourth-order valence-corrected chi connectivity index (χ4v) is 2.13. The molecule has 0 radical (unpaired) electrons. The molecule has 134 valence electrons. The number of hydrogen-bond acceptors (Lipinski definition) is 6. The number of aliphatic hydroxyl groups is 2. The monoisotopic (exact) mass is 318 g/mol. The standard InChI is InChI=1S/C16H38N4O2/c1-3-17-11-7-15(21)13-19-9-5-6-10-20-14-16(22)8-12-18-4-2/h15-22H,3-14H2,1-2H3/t15-,16-/m0/s1. The van der Waals surface area contributed by atoms with Crippen LogP contribution in [0.1, 0.15) is 39.5 Å². The molecule has 0 aromatic heterocycles. The van der Waals surface area contributed by atoms with Crippen LogP contribution in [0.15, 0.2) is 0 Å². The number of aliphatic hydroxyl groups excluding tert-OH is 2. The molecule has 0 amide bonds. The van der Waals surface area contributed by atoms with Gasteiger partial charge < -0.3 is 31.5 Å². The molecule has 2 atom stereocenters. The summed E-state index contributed by atoms with van der Waals surface area (Å²) >= 11 is 0. The van der Waals surface area contributed by atoms with Crippen LogP contribution in [0, 0.1) is 0 Å². The van der Waals surface area contributed by atoms with Crippen molar-refractivity contribution in [3.63, 3.8) is 0 Å². The molecule has 22 heavy (non-hydrogen) atoms. The molecule has 0 aromatic rings. The first-order chi connectivity index (χ1) is 10.7. The van der Waals surface area contributed by atoms with Gasteiger partial charge in [-0.05, 0) is 65.0 Å². The Labute approximate surface area is 136 Å². The molecule has 0 aromatic carbocycles. The van der Waals surface area contributed by atoms with Gasteiger partial charge >= 0.3 is 0 Å². The lowest BCUT2D eigenvalue weighted by molar-refractivity contribution is 0.159. The summed E-state index contributed by atoms with van der Waals surface area (Å²) in [6, 6.07) is 0. The Kier molecular flexibility index (Phi) is 16.9. The lowest BCUT2D eigenvalue weighted by Crippen LogP contribution is -2.32. The second-order valence-electron chi connectivity index (χ2n) is 5.71. The van der Waals surface area contributed by atoms with Crippen LogP contribution in [0.5, 0.6) is 0 Å². The number of rotatable bonds is 17. The Hall–Kier alpha value is -0.240. The van der Waals surface area contributed by atoms with Crippen LogP contribution in [-0.4, -0.2) is 74.8 Å². The van der Waals surface area contributed by atoms with Gasteiger partial charge in [-0.1, -0.05) is 13.8 Å². The van der Waals surface area contributed by atoms with Crippen molar-refractivity contribution in [2.45, 2.75) is 51.7 Å². The quantitative estimate of drug-likeness (QED) is 0.206. The molecule has 0 aliphatic heterocycles. The van der Waals surface area contributed by atoms with E-state index in [1.807, 2.05) is 0 Å². The minimum absolute atomic E-state index is 0.260.